The largest absolute Gasteiger partial charge is 0.498 e. The van der Waals surface area contributed by atoms with Crippen LogP contribution in [0.3, 0.4) is 0 Å². The maximum atomic E-state index is 12.5. The Morgan fingerprint density at radius 2 is 1.25 bits per heavy atom. The van der Waals surface area contributed by atoms with E-state index in [1.165, 1.54) is 57.8 Å². The number of carbonyl (C=O) groups is 1. The van der Waals surface area contributed by atoms with E-state index in [9.17, 15) is 19.4 Å². The molecule has 3 atom stereocenters. The third-order valence-electron chi connectivity index (χ3n) is 8.14. The Morgan fingerprint density at radius 1 is 0.673 bits per heavy atom. The predicted octanol–water partition coefficient (Wildman–Crippen LogP) is 11.6. The van der Waals surface area contributed by atoms with Crippen LogP contribution in [-0.4, -0.2) is 54.5 Å². The van der Waals surface area contributed by atoms with Gasteiger partial charge in [-0.3, -0.25) is 13.8 Å². The average molecular weight is 790 g/mol. The Kier molecular flexibility index (Phi) is 38.8. The number of esters is 1. The Labute approximate surface area is 334 Å². The Bertz CT molecular complexity index is 1170. The monoisotopic (exact) mass is 790 g/mol. The molecule has 0 aliphatic rings. The molecule has 0 rings (SSSR count). The molecule has 0 aliphatic heterocycles. The van der Waals surface area contributed by atoms with Crippen molar-refractivity contribution in [1.82, 2.24) is 0 Å². The molecule has 10 heteroatoms. The van der Waals surface area contributed by atoms with Gasteiger partial charge in [-0.2, -0.15) is 0 Å². The molecule has 0 radical (unpaired) electrons. The van der Waals surface area contributed by atoms with Gasteiger partial charge >= 0.3 is 13.8 Å². The molecule has 0 amide bonds. The van der Waals surface area contributed by atoms with Crippen LogP contribution in [0.2, 0.25) is 0 Å². The second kappa shape index (κ2) is 40.9. The second-order valence-corrected chi connectivity index (χ2v) is 14.8. The van der Waals surface area contributed by atoms with Crippen molar-refractivity contribution in [1.29, 1.82) is 0 Å². The molecule has 314 valence electrons. The molecule has 0 fully saturated rings. The molecule has 0 saturated heterocycles. The van der Waals surface area contributed by atoms with Gasteiger partial charge in [-0.1, -0.05) is 144 Å². The third-order valence-corrected chi connectivity index (χ3v) is 9.13. The van der Waals surface area contributed by atoms with Crippen LogP contribution < -0.4 is 5.73 Å². The van der Waals surface area contributed by atoms with Gasteiger partial charge in [-0.05, 0) is 83.1 Å². The summed E-state index contributed by atoms with van der Waals surface area (Å²) in [6.45, 7) is 3.89. The van der Waals surface area contributed by atoms with Crippen LogP contribution >= 0.6 is 7.82 Å². The fraction of sp³-hybridized carbons (Fsp3) is 0.622. The van der Waals surface area contributed by atoms with Crippen LogP contribution in [0.25, 0.3) is 0 Å². The fourth-order valence-electron chi connectivity index (χ4n) is 5.07. The highest BCUT2D eigenvalue weighted by Crippen LogP contribution is 2.43. The lowest BCUT2D eigenvalue weighted by Crippen LogP contribution is -2.27. The SMILES string of the molecule is CC/C=C\CC(O)/C=C/C=C/C/C=C\C/C=C\C/C=C\CCC(=O)O[C@H](CO/C=C/CCCCCC/C=C\CCCCCCCC)COP(=O)(O)OCCN. The Balaban J connectivity index is 4.33. The van der Waals surface area contributed by atoms with E-state index in [0.717, 1.165) is 51.4 Å². The quantitative estimate of drug-likeness (QED) is 0.0139. The zero-order valence-electron chi connectivity index (χ0n) is 34.2. The van der Waals surface area contributed by atoms with Gasteiger partial charge in [0.1, 0.15) is 6.61 Å². The van der Waals surface area contributed by atoms with Crippen molar-refractivity contribution in [2.24, 2.45) is 5.73 Å². The summed E-state index contributed by atoms with van der Waals surface area (Å²) in [7, 11) is -4.33. The van der Waals surface area contributed by atoms with Gasteiger partial charge in [0.25, 0.3) is 0 Å². The minimum atomic E-state index is -4.33. The Morgan fingerprint density at radius 3 is 1.89 bits per heavy atom. The highest BCUT2D eigenvalue weighted by molar-refractivity contribution is 7.47. The van der Waals surface area contributed by atoms with Gasteiger partial charge in [0.05, 0.1) is 25.6 Å². The summed E-state index contributed by atoms with van der Waals surface area (Å²) >= 11 is 0. The lowest BCUT2D eigenvalue weighted by Gasteiger charge is -2.19. The van der Waals surface area contributed by atoms with Gasteiger partial charge < -0.3 is 25.2 Å². The first-order chi connectivity index (χ1) is 26.8. The number of aliphatic hydroxyl groups excluding tert-OH is 1. The van der Waals surface area contributed by atoms with Crippen molar-refractivity contribution in [3.05, 3.63) is 97.4 Å². The number of ether oxygens (including phenoxy) is 2. The number of carbonyl (C=O) groups excluding carboxylic acids is 1. The van der Waals surface area contributed by atoms with Crippen molar-refractivity contribution >= 4 is 13.8 Å². The minimum Gasteiger partial charge on any atom is -0.498 e. The first-order valence-electron chi connectivity index (χ1n) is 20.9. The molecule has 9 nitrogen and oxygen atoms in total. The van der Waals surface area contributed by atoms with Crippen LogP contribution in [0.5, 0.6) is 0 Å². The fourth-order valence-corrected chi connectivity index (χ4v) is 5.83. The first-order valence-corrected chi connectivity index (χ1v) is 22.4. The van der Waals surface area contributed by atoms with Gasteiger partial charge in [0.15, 0.2) is 6.10 Å². The molecule has 2 unspecified atom stereocenters. The number of aliphatic hydroxyl groups is 1. The minimum absolute atomic E-state index is 0.0199. The van der Waals surface area contributed by atoms with Crippen molar-refractivity contribution in [2.45, 2.75) is 154 Å². The molecule has 0 heterocycles. The lowest BCUT2D eigenvalue weighted by molar-refractivity contribution is -0.153. The number of phosphoric acid groups is 1. The van der Waals surface area contributed by atoms with Gasteiger partial charge in [0.2, 0.25) is 0 Å². The molecule has 0 aromatic carbocycles. The zero-order valence-corrected chi connectivity index (χ0v) is 35.1. The average Bonchev–Trinajstić information content (AvgIpc) is 3.17. The summed E-state index contributed by atoms with van der Waals surface area (Å²) in [4.78, 5) is 22.4. The molecule has 0 aromatic rings. The predicted molar refractivity (Wildman–Crippen MR) is 229 cm³/mol. The highest BCUT2D eigenvalue weighted by atomic mass is 31.2. The topological polar surface area (TPSA) is 138 Å². The lowest BCUT2D eigenvalue weighted by atomic mass is 10.1. The Hall–Kier alpha value is -2.78. The second-order valence-electron chi connectivity index (χ2n) is 13.4. The van der Waals surface area contributed by atoms with Crippen LogP contribution in [0, 0.1) is 0 Å². The van der Waals surface area contributed by atoms with Gasteiger partial charge in [0, 0.05) is 13.0 Å². The maximum absolute atomic E-state index is 12.5. The molecular weight excluding hydrogens is 713 g/mol. The van der Waals surface area contributed by atoms with E-state index in [1.807, 2.05) is 42.5 Å². The summed E-state index contributed by atoms with van der Waals surface area (Å²) in [5.41, 5.74) is 5.35. The highest BCUT2D eigenvalue weighted by Gasteiger charge is 2.25. The van der Waals surface area contributed by atoms with E-state index >= 15 is 0 Å². The number of nitrogens with two attached hydrogens (primary N) is 1. The molecule has 0 aromatic heterocycles. The number of phosphoric ester groups is 1. The molecule has 0 spiro atoms. The molecule has 4 N–H and O–H groups in total. The molecule has 55 heavy (non-hydrogen) atoms. The summed E-state index contributed by atoms with van der Waals surface area (Å²) in [5.74, 6) is -0.454. The standard InChI is InChI=1S/C45H76NO8P/c1-3-5-7-8-9-10-11-12-13-14-18-21-24-27-30-34-39-51-41-44(42-53-55(49,50)52-40-38-46)54-45(48)37-33-29-26-23-20-17-15-16-19-22-25-28-32-36-43(47)35-31-6-4-2/h6,12-13,16-17,19-20,25-26,28-29,31-32,34,36,39,43-44,47H,3-5,7-11,14-15,18,21-24,27,30,33,35,37-38,40-42,46H2,1-2H3,(H,49,50)/b13-12-,19-16-,20-17-,28-25+,29-26-,31-6-,36-32+,39-34+/t43?,44-/m1/s1. The van der Waals surface area contributed by atoms with Crippen LogP contribution in [0.15, 0.2) is 97.4 Å². The van der Waals surface area contributed by atoms with E-state index in [0.29, 0.717) is 12.8 Å². The smallest absolute Gasteiger partial charge is 0.472 e. The van der Waals surface area contributed by atoms with Crippen LogP contribution in [0.1, 0.15) is 142 Å². The van der Waals surface area contributed by atoms with E-state index < -0.39 is 26.0 Å². The van der Waals surface area contributed by atoms with Crippen molar-refractivity contribution < 1.29 is 37.9 Å². The van der Waals surface area contributed by atoms with Crippen molar-refractivity contribution in [2.75, 3.05) is 26.4 Å². The van der Waals surface area contributed by atoms with Crippen molar-refractivity contribution in [3.63, 3.8) is 0 Å². The first kappa shape index (κ1) is 52.2. The summed E-state index contributed by atoms with van der Waals surface area (Å²) < 4.78 is 33.0. The number of unbranched alkanes of at least 4 members (excludes halogenated alkanes) is 11. The summed E-state index contributed by atoms with van der Waals surface area (Å²) in [6.07, 6.45) is 51.4. The van der Waals surface area contributed by atoms with E-state index in [4.69, 9.17) is 24.3 Å². The van der Waals surface area contributed by atoms with E-state index in [1.54, 1.807) is 12.3 Å². The molecular formula is C45H76NO8P. The number of hydrogen-bond donors (Lipinski definition) is 3. The van der Waals surface area contributed by atoms with Gasteiger partial charge in [-0.15, -0.1) is 0 Å². The van der Waals surface area contributed by atoms with E-state index in [2.05, 4.69) is 56.4 Å². The zero-order chi connectivity index (χ0) is 40.3. The van der Waals surface area contributed by atoms with Gasteiger partial charge in [-0.25, -0.2) is 4.57 Å². The molecule has 0 bridgehead atoms. The van der Waals surface area contributed by atoms with E-state index in [-0.39, 0.29) is 32.8 Å². The third kappa shape index (κ3) is 40.7. The number of hydrogen-bond acceptors (Lipinski definition) is 8. The summed E-state index contributed by atoms with van der Waals surface area (Å²) in [5, 5.41) is 9.83. The summed E-state index contributed by atoms with van der Waals surface area (Å²) in [6, 6.07) is 0. The van der Waals surface area contributed by atoms with Crippen LogP contribution in [-0.2, 0) is 27.9 Å². The number of allylic oxidation sites excluding steroid dienone is 13. The number of rotatable bonds is 38. The van der Waals surface area contributed by atoms with Crippen LogP contribution in [0.4, 0.5) is 0 Å². The molecule has 0 saturated carbocycles. The molecule has 0 aliphatic carbocycles. The normalized spacial score (nSPS) is 15.0. The van der Waals surface area contributed by atoms with Crippen molar-refractivity contribution in [3.8, 4) is 0 Å². The maximum Gasteiger partial charge on any atom is 0.472 e.